The molecule has 0 saturated heterocycles. The fourth-order valence-electron chi connectivity index (χ4n) is 4.76. The van der Waals surface area contributed by atoms with Gasteiger partial charge >= 0.3 is 0 Å². The minimum atomic E-state index is -0.0258. The van der Waals surface area contributed by atoms with Gasteiger partial charge in [0, 0.05) is 24.7 Å². The second-order valence-electron chi connectivity index (χ2n) is 8.32. The zero-order chi connectivity index (χ0) is 20.2. The van der Waals surface area contributed by atoms with Crippen molar-refractivity contribution in [2.45, 2.75) is 57.5 Å². The Morgan fingerprint density at radius 1 is 0.966 bits per heavy atom. The van der Waals surface area contributed by atoms with Gasteiger partial charge in [-0.15, -0.1) is 0 Å². The van der Waals surface area contributed by atoms with E-state index in [9.17, 15) is 4.79 Å². The van der Waals surface area contributed by atoms with Crippen LogP contribution in [0.25, 0.3) is 10.8 Å². The highest BCUT2D eigenvalue weighted by Gasteiger charge is 2.24. The zero-order valence-corrected chi connectivity index (χ0v) is 17.3. The summed E-state index contributed by atoms with van der Waals surface area (Å²) in [4.78, 5) is 11.2. The van der Waals surface area contributed by atoms with Gasteiger partial charge in [0.25, 0.3) is 0 Å². The largest absolute Gasteiger partial charge is 0.326 e. The first kappa shape index (κ1) is 19.7. The summed E-state index contributed by atoms with van der Waals surface area (Å²) in [5.74, 6) is 0.550. The molecular weight excluding hydrogens is 356 g/mol. The molecule has 0 spiro atoms. The van der Waals surface area contributed by atoms with E-state index in [1.807, 2.05) is 12.1 Å². The van der Waals surface area contributed by atoms with Crippen molar-refractivity contribution in [1.82, 2.24) is 5.32 Å². The van der Waals surface area contributed by atoms with Gasteiger partial charge in [0.1, 0.15) is 0 Å². The Bertz CT molecular complexity index is 974. The lowest BCUT2D eigenvalue weighted by molar-refractivity contribution is -0.114. The lowest BCUT2D eigenvalue weighted by atomic mass is 9.81. The number of rotatable bonds is 5. The Kier molecular flexibility index (Phi) is 5.96. The van der Waals surface area contributed by atoms with Crippen molar-refractivity contribution in [3.63, 3.8) is 0 Å². The minimum absolute atomic E-state index is 0.0258. The second-order valence-corrected chi connectivity index (χ2v) is 8.32. The fraction of sp³-hybridized carbons (Fsp3) is 0.346. The first-order valence-corrected chi connectivity index (χ1v) is 10.7. The highest BCUT2D eigenvalue weighted by Crippen LogP contribution is 2.35. The average Bonchev–Trinajstić information content (AvgIpc) is 2.73. The summed E-state index contributed by atoms with van der Waals surface area (Å²) in [5, 5.41) is 9.41. The molecule has 0 radical (unpaired) electrons. The first-order chi connectivity index (χ1) is 14.1. The van der Waals surface area contributed by atoms with E-state index in [1.165, 1.54) is 41.2 Å². The van der Waals surface area contributed by atoms with Crippen LogP contribution in [0.3, 0.4) is 0 Å². The Balaban J connectivity index is 1.44. The summed E-state index contributed by atoms with van der Waals surface area (Å²) in [6, 6.07) is 24.5. The number of nitrogens with one attached hydrogen (secondary N) is 2. The summed E-state index contributed by atoms with van der Waals surface area (Å²) in [6.07, 6.45) is 4.88. The van der Waals surface area contributed by atoms with E-state index >= 15 is 0 Å². The lowest BCUT2D eigenvalue weighted by Crippen LogP contribution is -2.35. The van der Waals surface area contributed by atoms with Gasteiger partial charge in [-0.2, -0.15) is 0 Å². The third kappa shape index (κ3) is 4.68. The summed E-state index contributed by atoms with van der Waals surface area (Å²) in [6.45, 7) is 3.83. The van der Waals surface area contributed by atoms with E-state index in [-0.39, 0.29) is 5.91 Å². The monoisotopic (exact) mass is 386 g/mol. The van der Waals surface area contributed by atoms with Crippen LogP contribution in [0, 0.1) is 0 Å². The lowest BCUT2D eigenvalue weighted by Gasteiger charge is -2.32. The normalized spacial score (nSPS) is 20.3. The molecule has 150 valence electrons. The van der Waals surface area contributed by atoms with E-state index in [1.54, 1.807) is 6.92 Å². The maximum Gasteiger partial charge on any atom is 0.221 e. The topological polar surface area (TPSA) is 41.1 Å². The SMILES string of the molecule is CC(=O)Nc1ccc([C@H]2CCC[C@H](N[C@H](C)c3cccc4ccccc34)C2)cc1. The molecule has 3 aromatic rings. The molecule has 3 atom stereocenters. The molecule has 0 heterocycles. The average molecular weight is 387 g/mol. The molecular formula is C26H30N2O. The predicted octanol–water partition coefficient (Wildman–Crippen LogP) is 6.18. The van der Waals surface area contributed by atoms with Crippen LogP contribution in [0.2, 0.25) is 0 Å². The number of hydrogen-bond donors (Lipinski definition) is 2. The van der Waals surface area contributed by atoms with Gasteiger partial charge in [-0.3, -0.25) is 4.79 Å². The van der Waals surface area contributed by atoms with E-state index in [0.29, 0.717) is 18.0 Å². The Morgan fingerprint density at radius 3 is 2.52 bits per heavy atom. The molecule has 3 nitrogen and oxygen atoms in total. The summed E-state index contributed by atoms with van der Waals surface area (Å²) < 4.78 is 0. The van der Waals surface area contributed by atoms with Gasteiger partial charge in [-0.1, -0.05) is 61.0 Å². The van der Waals surface area contributed by atoms with Crippen molar-refractivity contribution in [1.29, 1.82) is 0 Å². The minimum Gasteiger partial charge on any atom is -0.326 e. The second kappa shape index (κ2) is 8.79. The van der Waals surface area contributed by atoms with Crippen molar-refractivity contribution < 1.29 is 4.79 Å². The van der Waals surface area contributed by atoms with E-state index in [2.05, 4.69) is 72.2 Å². The molecule has 29 heavy (non-hydrogen) atoms. The number of hydrogen-bond acceptors (Lipinski definition) is 2. The Labute approximate surface area is 173 Å². The number of carbonyl (C=O) groups excluding carboxylic acids is 1. The molecule has 3 aromatic carbocycles. The number of anilines is 1. The third-order valence-electron chi connectivity index (χ3n) is 6.15. The molecule has 4 rings (SSSR count). The first-order valence-electron chi connectivity index (χ1n) is 10.7. The van der Waals surface area contributed by atoms with Crippen molar-refractivity contribution in [3.8, 4) is 0 Å². The smallest absolute Gasteiger partial charge is 0.221 e. The van der Waals surface area contributed by atoms with Crippen LogP contribution in [0.1, 0.15) is 62.6 Å². The molecule has 1 aliphatic carbocycles. The number of amides is 1. The van der Waals surface area contributed by atoms with E-state index in [4.69, 9.17) is 0 Å². The van der Waals surface area contributed by atoms with Gasteiger partial charge in [-0.05, 0) is 66.1 Å². The van der Waals surface area contributed by atoms with E-state index in [0.717, 1.165) is 12.1 Å². The predicted molar refractivity (Wildman–Crippen MR) is 121 cm³/mol. The van der Waals surface area contributed by atoms with Crippen LogP contribution in [0.5, 0.6) is 0 Å². The molecule has 1 amide bonds. The van der Waals surface area contributed by atoms with Crippen LogP contribution < -0.4 is 10.6 Å². The fourth-order valence-corrected chi connectivity index (χ4v) is 4.76. The van der Waals surface area contributed by atoms with Crippen LogP contribution in [-0.4, -0.2) is 11.9 Å². The Morgan fingerprint density at radius 2 is 1.72 bits per heavy atom. The Hall–Kier alpha value is -2.65. The van der Waals surface area contributed by atoms with Gasteiger partial charge in [-0.25, -0.2) is 0 Å². The molecule has 0 aliphatic heterocycles. The molecule has 1 saturated carbocycles. The maximum absolute atomic E-state index is 11.2. The highest BCUT2D eigenvalue weighted by atomic mass is 16.1. The van der Waals surface area contributed by atoms with Crippen LogP contribution in [0.15, 0.2) is 66.7 Å². The van der Waals surface area contributed by atoms with Gasteiger partial charge in [0.05, 0.1) is 0 Å². The summed E-state index contributed by atoms with van der Waals surface area (Å²) >= 11 is 0. The molecule has 0 bridgehead atoms. The maximum atomic E-state index is 11.2. The molecule has 1 fully saturated rings. The van der Waals surface area contributed by atoms with Crippen LogP contribution >= 0.6 is 0 Å². The summed E-state index contributed by atoms with van der Waals surface area (Å²) in [5.41, 5.74) is 3.63. The van der Waals surface area contributed by atoms with Gasteiger partial charge in [0.2, 0.25) is 5.91 Å². The number of benzene rings is 3. The molecule has 0 aromatic heterocycles. The molecule has 0 unspecified atom stereocenters. The quantitative estimate of drug-likeness (QED) is 0.550. The number of carbonyl (C=O) groups is 1. The molecule has 1 aliphatic rings. The van der Waals surface area contributed by atoms with E-state index < -0.39 is 0 Å². The number of fused-ring (bicyclic) bond motifs is 1. The summed E-state index contributed by atoms with van der Waals surface area (Å²) in [7, 11) is 0. The van der Waals surface area contributed by atoms with Gasteiger partial charge in [0.15, 0.2) is 0 Å². The third-order valence-corrected chi connectivity index (χ3v) is 6.15. The molecule has 3 heteroatoms. The van der Waals surface area contributed by atoms with Gasteiger partial charge < -0.3 is 10.6 Å². The van der Waals surface area contributed by atoms with Crippen molar-refractivity contribution in [2.24, 2.45) is 0 Å². The van der Waals surface area contributed by atoms with Crippen LogP contribution in [0.4, 0.5) is 5.69 Å². The van der Waals surface area contributed by atoms with Crippen molar-refractivity contribution in [2.75, 3.05) is 5.32 Å². The van der Waals surface area contributed by atoms with Crippen molar-refractivity contribution >= 4 is 22.4 Å². The molecule has 2 N–H and O–H groups in total. The zero-order valence-electron chi connectivity index (χ0n) is 17.3. The van der Waals surface area contributed by atoms with Crippen molar-refractivity contribution in [3.05, 3.63) is 77.9 Å². The van der Waals surface area contributed by atoms with Crippen LogP contribution in [-0.2, 0) is 4.79 Å². The highest BCUT2D eigenvalue weighted by molar-refractivity contribution is 5.88. The standard InChI is InChI=1S/C26H30N2O/c1-18(25-12-6-8-21-7-3-4-11-26(21)25)27-24-10-5-9-22(17-24)20-13-15-23(16-14-20)28-19(2)29/h3-4,6-8,11-16,18,22,24,27H,5,9-10,17H2,1-2H3,(H,28,29)/t18-,22+,24+/m1/s1.